The molecule has 2 rings (SSSR count). The van der Waals surface area contributed by atoms with E-state index in [-0.39, 0.29) is 34.3 Å². The fourth-order valence-electron chi connectivity index (χ4n) is 4.11. The molecule has 0 radical (unpaired) electrons. The monoisotopic (exact) mass is 478 g/mol. The minimum absolute atomic E-state index is 0.0280. The second-order valence-electron chi connectivity index (χ2n) is 10.3. The van der Waals surface area contributed by atoms with Gasteiger partial charge in [0, 0.05) is 23.3 Å². The minimum Gasteiger partial charge on any atom is -0.469 e. The topological polar surface area (TPSA) is 52.6 Å². The summed E-state index contributed by atoms with van der Waals surface area (Å²) in [5.41, 5.74) is 1.87. The molecular formula is C26H39ClO4Si. The van der Waals surface area contributed by atoms with Crippen LogP contribution in [0.25, 0.3) is 0 Å². The van der Waals surface area contributed by atoms with Gasteiger partial charge in [-0.2, -0.15) is 0 Å². The van der Waals surface area contributed by atoms with Crippen LogP contribution >= 0.6 is 11.6 Å². The van der Waals surface area contributed by atoms with Gasteiger partial charge in [-0.05, 0) is 55.3 Å². The molecule has 1 aromatic carbocycles. The molecule has 0 bridgehead atoms. The smallest absolute Gasteiger partial charge is 0.305 e. The van der Waals surface area contributed by atoms with Crippen LogP contribution < -0.4 is 0 Å². The fourth-order valence-corrected chi connectivity index (χ4v) is 5.90. The molecule has 0 amide bonds. The lowest BCUT2D eigenvalue weighted by Gasteiger charge is -2.40. The van der Waals surface area contributed by atoms with Gasteiger partial charge in [-0.25, -0.2) is 0 Å². The molecule has 0 N–H and O–H groups in total. The number of aldehydes is 1. The van der Waals surface area contributed by atoms with Crippen molar-refractivity contribution in [2.45, 2.75) is 88.4 Å². The Morgan fingerprint density at radius 3 is 2.41 bits per heavy atom. The number of unbranched alkanes of at least 4 members (excludes halogenated alkanes) is 1. The SMILES string of the molecule is COC(=O)CCCC=CCC1[C@H](Cl)C[C@@H](O[Si](C)(C)C(C)(C)C)[C@@H]1c1ccc(C=O)cc1. The number of hydrogen-bond donors (Lipinski definition) is 0. The van der Waals surface area contributed by atoms with Crippen molar-refractivity contribution in [2.24, 2.45) is 5.92 Å². The van der Waals surface area contributed by atoms with Crippen LogP contribution in [0.2, 0.25) is 18.1 Å². The van der Waals surface area contributed by atoms with Gasteiger partial charge < -0.3 is 9.16 Å². The van der Waals surface area contributed by atoms with E-state index in [0.29, 0.717) is 12.0 Å². The summed E-state index contributed by atoms with van der Waals surface area (Å²) < 4.78 is 11.6. The van der Waals surface area contributed by atoms with Gasteiger partial charge in [0.2, 0.25) is 0 Å². The molecule has 4 nitrogen and oxygen atoms in total. The lowest BCUT2D eigenvalue weighted by Crippen LogP contribution is -2.44. The molecule has 178 valence electrons. The van der Waals surface area contributed by atoms with E-state index in [2.05, 4.69) is 58.2 Å². The van der Waals surface area contributed by atoms with Crippen LogP contribution in [0.5, 0.6) is 0 Å². The number of carbonyl (C=O) groups is 2. The van der Waals surface area contributed by atoms with Gasteiger partial charge in [0.05, 0.1) is 13.2 Å². The third-order valence-corrected chi connectivity index (χ3v) is 12.1. The number of allylic oxidation sites excluding steroid dienone is 2. The quantitative estimate of drug-likeness (QED) is 0.0916. The molecule has 0 spiro atoms. The molecule has 1 aromatic rings. The summed E-state index contributed by atoms with van der Waals surface area (Å²) in [5.74, 6) is 0.275. The standard InChI is InChI=1S/C26H39ClO4Si/c1-26(2,3)32(5,6)31-23-17-22(27)21(11-9-7-8-10-12-24(29)30-4)25(23)20-15-13-19(18-28)14-16-20/h7,9,13-16,18,21-23,25H,8,10-12,17H2,1-6H3/t21?,22-,23-,25-/m1/s1. The van der Waals surface area contributed by atoms with Crippen molar-refractivity contribution in [3.63, 3.8) is 0 Å². The lowest BCUT2D eigenvalue weighted by molar-refractivity contribution is -0.140. The maximum absolute atomic E-state index is 11.3. The van der Waals surface area contributed by atoms with Crippen molar-refractivity contribution in [2.75, 3.05) is 7.11 Å². The van der Waals surface area contributed by atoms with Gasteiger partial charge in [-0.3, -0.25) is 9.59 Å². The molecule has 32 heavy (non-hydrogen) atoms. The number of carbonyl (C=O) groups excluding carboxylic acids is 2. The number of rotatable bonds is 10. The van der Waals surface area contributed by atoms with Crippen molar-refractivity contribution in [3.8, 4) is 0 Å². The molecule has 1 aliphatic rings. The van der Waals surface area contributed by atoms with Crippen LogP contribution in [-0.2, 0) is 14.0 Å². The Morgan fingerprint density at radius 2 is 1.84 bits per heavy atom. The Labute approximate surface area is 199 Å². The number of halogens is 1. The van der Waals surface area contributed by atoms with E-state index in [9.17, 15) is 9.59 Å². The maximum atomic E-state index is 11.3. The summed E-state index contributed by atoms with van der Waals surface area (Å²) >= 11 is 6.90. The molecule has 0 aromatic heterocycles. The molecule has 1 aliphatic carbocycles. The highest BCUT2D eigenvalue weighted by atomic mass is 35.5. The summed E-state index contributed by atoms with van der Waals surface area (Å²) in [4.78, 5) is 22.4. The van der Waals surface area contributed by atoms with E-state index in [1.165, 1.54) is 12.7 Å². The second kappa shape index (κ2) is 11.6. The third-order valence-electron chi connectivity index (χ3n) is 7.05. The van der Waals surface area contributed by atoms with Crippen molar-refractivity contribution >= 4 is 32.2 Å². The van der Waals surface area contributed by atoms with E-state index in [1.807, 2.05) is 12.1 Å². The molecular weight excluding hydrogens is 440 g/mol. The molecule has 1 fully saturated rings. The summed E-state index contributed by atoms with van der Waals surface area (Å²) in [6, 6.07) is 7.87. The Balaban J connectivity index is 2.18. The van der Waals surface area contributed by atoms with Crippen LogP contribution in [0.3, 0.4) is 0 Å². The average Bonchev–Trinajstić information content (AvgIpc) is 3.03. The molecule has 1 saturated carbocycles. The first kappa shape index (κ1) is 26.8. The largest absolute Gasteiger partial charge is 0.469 e. The highest BCUT2D eigenvalue weighted by Gasteiger charge is 2.48. The first-order valence-electron chi connectivity index (χ1n) is 11.6. The van der Waals surface area contributed by atoms with E-state index >= 15 is 0 Å². The zero-order valence-corrected chi connectivity index (χ0v) is 22.2. The fraction of sp³-hybridized carbons (Fsp3) is 0.615. The average molecular weight is 479 g/mol. The van der Waals surface area contributed by atoms with Gasteiger partial charge in [0.15, 0.2) is 8.32 Å². The predicted molar refractivity (Wildman–Crippen MR) is 134 cm³/mol. The van der Waals surface area contributed by atoms with Gasteiger partial charge in [-0.15, -0.1) is 11.6 Å². The number of methoxy groups -OCH3 is 1. The van der Waals surface area contributed by atoms with Crippen LogP contribution in [0.4, 0.5) is 0 Å². The van der Waals surface area contributed by atoms with E-state index in [1.54, 1.807) is 0 Å². The minimum atomic E-state index is -1.96. The number of benzene rings is 1. The number of esters is 1. The lowest BCUT2D eigenvalue weighted by atomic mass is 9.85. The normalized spacial score (nSPS) is 24.1. The van der Waals surface area contributed by atoms with Crippen LogP contribution in [0, 0.1) is 5.92 Å². The van der Waals surface area contributed by atoms with E-state index in [0.717, 1.165) is 32.0 Å². The number of alkyl halides is 1. The highest BCUT2D eigenvalue weighted by Crippen LogP contribution is 2.49. The summed E-state index contributed by atoms with van der Waals surface area (Å²) in [6.45, 7) is 11.4. The van der Waals surface area contributed by atoms with Gasteiger partial charge in [-0.1, -0.05) is 57.2 Å². The Hall–Kier alpha value is -1.43. The zero-order chi connectivity index (χ0) is 23.9. The van der Waals surface area contributed by atoms with Crippen molar-refractivity contribution in [3.05, 3.63) is 47.5 Å². The molecule has 4 atom stereocenters. The maximum Gasteiger partial charge on any atom is 0.305 e. The first-order valence-corrected chi connectivity index (χ1v) is 14.9. The van der Waals surface area contributed by atoms with Gasteiger partial charge >= 0.3 is 5.97 Å². The molecule has 0 saturated heterocycles. The van der Waals surface area contributed by atoms with Crippen molar-refractivity contribution in [1.82, 2.24) is 0 Å². The molecule has 0 heterocycles. The van der Waals surface area contributed by atoms with Crippen molar-refractivity contribution in [1.29, 1.82) is 0 Å². The Morgan fingerprint density at radius 1 is 1.19 bits per heavy atom. The first-order chi connectivity index (χ1) is 15.0. The van der Waals surface area contributed by atoms with Crippen LogP contribution in [-0.4, -0.2) is 39.2 Å². The van der Waals surface area contributed by atoms with Crippen LogP contribution in [0.15, 0.2) is 36.4 Å². The highest BCUT2D eigenvalue weighted by molar-refractivity contribution is 6.74. The Bertz CT molecular complexity index is 782. The Kier molecular flexibility index (Phi) is 9.74. The summed E-state index contributed by atoms with van der Waals surface area (Å²) in [6.07, 6.45) is 9.04. The second-order valence-corrected chi connectivity index (χ2v) is 15.6. The summed E-state index contributed by atoms with van der Waals surface area (Å²) in [5, 5.41) is 0.151. The predicted octanol–water partition coefficient (Wildman–Crippen LogP) is 6.89. The molecule has 0 aliphatic heterocycles. The molecule has 6 heteroatoms. The van der Waals surface area contributed by atoms with E-state index < -0.39 is 8.32 Å². The zero-order valence-electron chi connectivity index (χ0n) is 20.4. The van der Waals surface area contributed by atoms with Gasteiger partial charge in [0.1, 0.15) is 6.29 Å². The van der Waals surface area contributed by atoms with Crippen LogP contribution in [0.1, 0.15) is 74.7 Å². The number of hydrogen-bond acceptors (Lipinski definition) is 4. The summed E-state index contributed by atoms with van der Waals surface area (Å²) in [7, 11) is -0.542. The molecule has 1 unspecified atom stereocenters. The van der Waals surface area contributed by atoms with Crippen molar-refractivity contribution < 1.29 is 18.8 Å². The van der Waals surface area contributed by atoms with E-state index in [4.69, 9.17) is 20.8 Å². The number of ether oxygens (including phenoxy) is 1. The van der Waals surface area contributed by atoms with Gasteiger partial charge in [0.25, 0.3) is 0 Å². The third kappa shape index (κ3) is 7.03.